The largest absolute Gasteiger partial charge is 0.442 e. The average molecular weight is 482 g/mol. The summed E-state index contributed by atoms with van der Waals surface area (Å²) in [4.78, 5) is 34.6. The van der Waals surface area contributed by atoms with Gasteiger partial charge in [0.1, 0.15) is 22.6 Å². The van der Waals surface area contributed by atoms with E-state index in [1.807, 2.05) is 12.1 Å². The summed E-state index contributed by atoms with van der Waals surface area (Å²) >= 11 is 0. The summed E-state index contributed by atoms with van der Waals surface area (Å²) in [6.07, 6.45) is -1.09. The lowest BCUT2D eigenvalue weighted by Gasteiger charge is -2.15. The summed E-state index contributed by atoms with van der Waals surface area (Å²) in [5.74, 6) is -0.546. The fraction of sp³-hybridized carbons (Fsp3) is 0.250. The maximum atomic E-state index is 14.9. The number of rotatable bonds is 9. The van der Waals surface area contributed by atoms with Crippen molar-refractivity contribution in [2.24, 2.45) is 0 Å². The molecule has 182 valence electrons. The molecule has 35 heavy (non-hydrogen) atoms. The summed E-state index contributed by atoms with van der Waals surface area (Å²) in [5, 5.41) is 16.4. The minimum absolute atomic E-state index is 0.195. The monoisotopic (exact) mass is 482 g/mol. The highest BCUT2D eigenvalue weighted by Gasteiger charge is 2.32. The number of benzene rings is 2. The van der Waals surface area contributed by atoms with Crippen LogP contribution in [-0.2, 0) is 22.6 Å². The van der Waals surface area contributed by atoms with Gasteiger partial charge in [-0.2, -0.15) is 0 Å². The third-order valence-corrected chi connectivity index (χ3v) is 5.44. The van der Waals surface area contributed by atoms with E-state index in [0.717, 1.165) is 5.56 Å². The predicted octanol–water partition coefficient (Wildman–Crippen LogP) is 3.75. The van der Waals surface area contributed by atoms with Crippen LogP contribution < -0.4 is 15.5 Å². The van der Waals surface area contributed by atoms with E-state index in [1.165, 1.54) is 24.0 Å². The SMILES string of the molecule is CC(=O)NC[C@H]1CN(c2ccc(-c3ccc(CNCc4ccc([N+](=O)[O-])o4)cc3)c(F)c2)C(=O)O1. The summed E-state index contributed by atoms with van der Waals surface area (Å²) in [6, 6.07) is 14.7. The van der Waals surface area contributed by atoms with Crippen molar-refractivity contribution in [3.63, 3.8) is 0 Å². The molecule has 1 saturated heterocycles. The number of carbonyl (C=O) groups excluding carboxylic acids is 2. The van der Waals surface area contributed by atoms with Gasteiger partial charge < -0.3 is 19.8 Å². The van der Waals surface area contributed by atoms with E-state index in [4.69, 9.17) is 9.15 Å². The van der Waals surface area contributed by atoms with Crippen molar-refractivity contribution in [1.29, 1.82) is 0 Å². The Hall–Kier alpha value is -4.25. The van der Waals surface area contributed by atoms with Crippen LogP contribution >= 0.6 is 0 Å². The lowest BCUT2D eigenvalue weighted by Crippen LogP contribution is -2.33. The molecule has 1 fully saturated rings. The number of amides is 2. The number of halogens is 1. The average Bonchev–Trinajstić information content (AvgIpc) is 3.45. The van der Waals surface area contributed by atoms with Gasteiger partial charge in [-0.1, -0.05) is 24.3 Å². The summed E-state index contributed by atoms with van der Waals surface area (Å²) in [6.45, 7) is 2.61. The first kappa shape index (κ1) is 23.9. The predicted molar refractivity (Wildman–Crippen MR) is 124 cm³/mol. The van der Waals surface area contributed by atoms with Gasteiger partial charge in [-0.15, -0.1) is 0 Å². The second-order valence-corrected chi connectivity index (χ2v) is 8.02. The van der Waals surface area contributed by atoms with E-state index in [1.54, 1.807) is 30.3 Å². The van der Waals surface area contributed by atoms with Crippen molar-refractivity contribution in [3.8, 4) is 11.1 Å². The zero-order valence-electron chi connectivity index (χ0n) is 18.8. The van der Waals surface area contributed by atoms with Crippen molar-refractivity contribution in [2.75, 3.05) is 18.0 Å². The molecule has 4 rings (SSSR count). The molecule has 0 saturated carbocycles. The molecule has 2 aromatic carbocycles. The Morgan fingerprint density at radius 2 is 1.94 bits per heavy atom. The smallest absolute Gasteiger partial charge is 0.433 e. The van der Waals surface area contributed by atoms with Gasteiger partial charge in [0.15, 0.2) is 0 Å². The molecule has 10 nitrogen and oxygen atoms in total. The molecule has 2 N–H and O–H groups in total. The molecule has 2 amide bonds. The number of anilines is 1. The Morgan fingerprint density at radius 1 is 1.17 bits per heavy atom. The van der Waals surface area contributed by atoms with Crippen molar-refractivity contribution >= 4 is 23.6 Å². The second-order valence-electron chi connectivity index (χ2n) is 8.02. The molecular formula is C24H23FN4O6. The Labute approximate surface area is 199 Å². The maximum Gasteiger partial charge on any atom is 0.433 e. The van der Waals surface area contributed by atoms with Crippen molar-refractivity contribution in [1.82, 2.24) is 10.6 Å². The number of nitrogens with zero attached hydrogens (tertiary/aromatic N) is 2. The van der Waals surface area contributed by atoms with Crippen LogP contribution in [0.1, 0.15) is 18.2 Å². The molecular weight excluding hydrogens is 459 g/mol. The molecule has 0 bridgehead atoms. The Kier molecular flexibility index (Phi) is 7.06. The van der Waals surface area contributed by atoms with Gasteiger partial charge in [0.2, 0.25) is 5.91 Å². The standard InChI is InChI=1S/C24H23FN4O6/c1-15(30)27-13-20-14-28(24(31)35-20)18-6-8-21(22(25)10-18)17-4-2-16(3-5-17)11-26-12-19-7-9-23(34-19)29(32)33/h2-10,20,26H,11-14H2,1H3,(H,27,30)/t20-/m0/s1. The van der Waals surface area contributed by atoms with Gasteiger partial charge in [-0.25, -0.2) is 9.18 Å². The molecule has 0 spiro atoms. The van der Waals surface area contributed by atoms with Crippen LogP contribution in [0.25, 0.3) is 11.1 Å². The van der Waals surface area contributed by atoms with Crippen molar-refractivity contribution < 1.29 is 28.1 Å². The number of furan rings is 1. The van der Waals surface area contributed by atoms with Gasteiger partial charge in [-0.3, -0.25) is 19.8 Å². The highest BCUT2D eigenvalue weighted by atomic mass is 19.1. The van der Waals surface area contributed by atoms with Crippen LogP contribution in [0.2, 0.25) is 0 Å². The first-order chi connectivity index (χ1) is 16.8. The normalized spacial score (nSPS) is 15.2. The zero-order valence-corrected chi connectivity index (χ0v) is 18.8. The topological polar surface area (TPSA) is 127 Å². The molecule has 1 aliphatic rings. The molecule has 1 atom stereocenters. The summed E-state index contributed by atoms with van der Waals surface area (Å²) in [7, 11) is 0. The Balaban J connectivity index is 1.35. The van der Waals surface area contributed by atoms with E-state index >= 15 is 0 Å². The number of hydrogen-bond acceptors (Lipinski definition) is 7. The quantitative estimate of drug-likeness (QED) is 0.351. The number of nitro groups is 1. The number of ether oxygens (including phenoxy) is 1. The lowest BCUT2D eigenvalue weighted by molar-refractivity contribution is -0.402. The van der Waals surface area contributed by atoms with Gasteiger partial charge in [0.05, 0.1) is 31.4 Å². The fourth-order valence-electron chi connectivity index (χ4n) is 3.69. The second kappa shape index (κ2) is 10.3. The third-order valence-electron chi connectivity index (χ3n) is 5.44. The maximum absolute atomic E-state index is 14.9. The number of nitrogens with one attached hydrogen (secondary N) is 2. The van der Waals surface area contributed by atoms with Gasteiger partial charge in [-0.05, 0) is 35.4 Å². The Bertz CT molecular complexity index is 1240. The highest BCUT2D eigenvalue weighted by molar-refractivity contribution is 5.90. The summed E-state index contributed by atoms with van der Waals surface area (Å²) in [5.41, 5.74) is 2.38. The molecule has 0 aliphatic carbocycles. The first-order valence-corrected chi connectivity index (χ1v) is 10.9. The molecule has 0 unspecified atom stereocenters. The molecule has 2 heterocycles. The lowest BCUT2D eigenvalue weighted by atomic mass is 10.0. The van der Waals surface area contributed by atoms with Crippen LogP contribution in [0, 0.1) is 15.9 Å². The number of cyclic esters (lactones) is 1. The summed E-state index contributed by atoms with van der Waals surface area (Å²) < 4.78 is 25.2. The number of hydrogen-bond donors (Lipinski definition) is 2. The minimum Gasteiger partial charge on any atom is -0.442 e. The van der Waals surface area contributed by atoms with E-state index in [0.29, 0.717) is 35.7 Å². The molecule has 1 aliphatic heterocycles. The molecule has 11 heteroatoms. The van der Waals surface area contributed by atoms with E-state index in [9.17, 15) is 24.1 Å². The van der Waals surface area contributed by atoms with Crippen LogP contribution in [0.3, 0.4) is 0 Å². The van der Waals surface area contributed by atoms with Gasteiger partial charge >= 0.3 is 12.0 Å². The first-order valence-electron chi connectivity index (χ1n) is 10.9. The Morgan fingerprint density at radius 3 is 2.60 bits per heavy atom. The van der Waals surface area contributed by atoms with Crippen LogP contribution in [0.15, 0.2) is 59.0 Å². The van der Waals surface area contributed by atoms with E-state index < -0.39 is 22.9 Å². The van der Waals surface area contributed by atoms with Crippen LogP contribution in [0.5, 0.6) is 0 Å². The van der Waals surface area contributed by atoms with Crippen molar-refractivity contribution in [2.45, 2.75) is 26.1 Å². The van der Waals surface area contributed by atoms with Gasteiger partial charge in [0.25, 0.3) is 0 Å². The van der Waals surface area contributed by atoms with Gasteiger partial charge in [0, 0.05) is 19.0 Å². The van der Waals surface area contributed by atoms with E-state index in [2.05, 4.69) is 10.6 Å². The molecule has 1 aromatic heterocycles. The van der Waals surface area contributed by atoms with Crippen molar-refractivity contribution in [3.05, 3.63) is 81.9 Å². The minimum atomic E-state index is -0.589. The highest BCUT2D eigenvalue weighted by Crippen LogP contribution is 2.29. The molecule has 3 aromatic rings. The van der Waals surface area contributed by atoms with E-state index in [-0.39, 0.29) is 24.9 Å². The fourth-order valence-corrected chi connectivity index (χ4v) is 3.69. The zero-order chi connectivity index (χ0) is 24.9. The van der Waals surface area contributed by atoms with Crippen LogP contribution in [0.4, 0.5) is 20.8 Å². The molecule has 0 radical (unpaired) electrons. The number of carbonyl (C=O) groups is 2. The third kappa shape index (κ3) is 5.82. The van der Waals surface area contributed by atoms with Crippen LogP contribution in [-0.4, -0.2) is 36.1 Å².